The molecule has 2 aliphatic heterocycles. The van der Waals surface area contributed by atoms with Gasteiger partial charge < -0.3 is 9.88 Å². The van der Waals surface area contributed by atoms with Crippen molar-refractivity contribution in [3.8, 4) is 11.1 Å². The molecular weight excluding hydrogens is 424 g/mol. The molecule has 1 spiro atoms. The molecule has 2 saturated carbocycles. The first-order chi connectivity index (χ1) is 16.5. The van der Waals surface area contributed by atoms with Crippen LogP contribution in [0.25, 0.3) is 22.0 Å². The minimum atomic E-state index is -0.520. The van der Waals surface area contributed by atoms with E-state index in [4.69, 9.17) is 4.99 Å². The highest BCUT2D eigenvalue weighted by molar-refractivity contribution is 6.16. The predicted molar refractivity (Wildman–Crippen MR) is 131 cm³/mol. The van der Waals surface area contributed by atoms with Crippen molar-refractivity contribution in [2.45, 2.75) is 38.1 Å². The van der Waals surface area contributed by atoms with Gasteiger partial charge in [-0.05, 0) is 72.9 Å². The second-order valence-corrected chi connectivity index (χ2v) is 10.6. The number of nitrogens with zero attached hydrogens (tertiary/aromatic N) is 3. The number of hydrogen-bond acceptors (Lipinski definition) is 3. The van der Waals surface area contributed by atoms with Gasteiger partial charge in [-0.2, -0.15) is 0 Å². The normalized spacial score (nSPS) is 21.3. The number of nitrogens with one attached hydrogen (secondary N) is 1. The largest absolute Gasteiger partial charge is 0.361 e. The van der Waals surface area contributed by atoms with Crippen LogP contribution >= 0.6 is 0 Å². The minimum absolute atomic E-state index is 0.147. The lowest BCUT2D eigenvalue weighted by Crippen LogP contribution is -2.55. The molecule has 1 N–H and O–H groups in total. The number of rotatable bonds is 5. The van der Waals surface area contributed by atoms with E-state index in [0.717, 1.165) is 55.7 Å². The molecule has 0 bridgehead atoms. The first kappa shape index (κ1) is 20.0. The van der Waals surface area contributed by atoms with Gasteiger partial charge in [0.25, 0.3) is 5.91 Å². The van der Waals surface area contributed by atoms with Gasteiger partial charge in [0.2, 0.25) is 5.91 Å². The Kier molecular flexibility index (Phi) is 4.15. The lowest BCUT2D eigenvalue weighted by atomic mass is 9.96. The van der Waals surface area contributed by atoms with Crippen LogP contribution in [-0.4, -0.2) is 57.6 Å². The number of amides is 2. The van der Waals surface area contributed by atoms with Gasteiger partial charge in [-0.1, -0.05) is 24.3 Å². The Labute approximate surface area is 198 Å². The highest BCUT2D eigenvalue weighted by Crippen LogP contribution is 2.46. The Bertz CT molecular complexity index is 1370. The lowest BCUT2D eigenvalue weighted by Gasteiger charge is -2.41. The summed E-state index contributed by atoms with van der Waals surface area (Å²) >= 11 is 0. The summed E-state index contributed by atoms with van der Waals surface area (Å²) in [5, 5.41) is 1.20. The molecule has 2 aliphatic carbocycles. The van der Waals surface area contributed by atoms with E-state index in [1.165, 1.54) is 22.1 Å². The SMILES string of the molecule is Cc1cc(C2=NC3(CC3)C(=O)N2CC2CN(C(=O)C3CC3)C2)ccc1-c1ccc2cc[nH]c2c1. The van der Waals surface area contributed by atoms with E-state index in [1.807, 2.05) is 16.0 Å². The van der Waals surface area contributed by atoms with Crippen LogP contribution in [0, 0.1) is 18.8 Å². The summed E-state index contributed by atoms with van der Waals surface area (Å²) in [6, 6.07) is 15.0. The van der Waals surface area contributed by atoms with Crippen LogP contribution in [0.5, 0.6) is 0 Å². The number of H-pyrrole nitrogens is 1. The van der Waals surface area contributed by atoms with Crippen molar-refractivity contribution in [3.05, 3.63) is 59.8 Å². The molecule has 4 aliphatic rings. The van der Waals surface area contributed by atoms with Gasteiger partial charge in [0.15, 0.2) is 0 Å². The predicted octanol–water partition coefficient (Wildman–Crippen LogP) is 4.13. The molecule has 6 nitrogen and oxygen atoms in total. The Morgan fingerprint density at radius 2 is 1.88 bits per heavy atom. The van der Waals surface area contributed by atoms with Crippen molar-refractivity contribution >= 4 is 28.6 Å². The van der Waals surface area contributed by atoms with Crippen molar-refractivity contribution in [3.63, 3.8) is 0 Å². The van der Waals surface area contributed by atoms with Gasteiger partial charge >= 0.3 is 0 Å². The lowest BCUT2D eigenvalue weighted by molar-refractivity contribution is -0.139. The summed E-state index contributed by atoms with van der Waals surface area (Å²) in [5.41, 5.74) is 5.14. The fourth-order valence-electron chi connectivity index (χ4n) is 5.55. The van der Waals surface area contributed by atoms with E-state index in [0.29, 0.717) is 18.4 Å². The van der Waals surface area contributed by atoms with Crippen LogP contribution in [0.4, 0.5) is 0 Å². The standard InChI is InChI=1S/C28H28N4O2/c1-17-12-22(6-7-23(17)21-5-2-19-8-11-29-24(19)13-21)25-30-28(9-10-28)27(34)32(25)16-18-14-31(15-18)26(33)20-3-4-20/h2,5-8,11-13,18,20,29H,3-4,9-10,14-16H2,1H3. The molecule has 1 saturated heterocycles. The van der Waals surface area contributed by atoms with E-state index in [1.54, 1.807) is 0 Å². The second-order valence-electron chi connectivity index (χ2n) is 10.6. The number of aryl methyl sites for hydroxylation is 1. The van der Waals surface area contributed by atoms with Crippen molar-refractivity contribution in [2.75, 3.05) is 19.6 Å². The molecule has 0 radical (unpaired) electrons. The maximum atomic E-state index is 13.3. The first-order valence-corrected chi connectivity index (χ1v) is 12.4. The molecule has 0 atom stereocenters. The second kappa shape index (κ2) is 7.05. The minimum Gasteiger partial charge on any atom is -0.361 e. The molecule has 7 rings (SSSR count). The Morgan fingerprint density at radius 3 is 2.62 bits per heavy atom. The highest BCUT2D eigenvalue weighted by Gasteiger charge is 2.57. The zero-order chi connectivity index (χ0) is 23.0. The number of aromatic nitrogens is 1. The van der Waals surface area contributed by atoms with E-state index < -0.39 is 5.54 Å². The topological polar surface area (TPSA) is 68.8 Å². The van der Waals surface area contributed by atoms with Crippen LogP contribution < -0.4 is 0 Å². The van der Waals surface area contributed by atoms with Crippen LogP contribution in [0.1, 0.15) is 36.8 Å². The zero-order valence-electron chi connectivity index (χ0n) is 19.4. The van der Waals surface area contributed by atoms with Gasteiger partial charge in [-0.3, -0.25) is 19.5 Å². The number of amidine groups is 1. The molecule has 3 fully saturated rings. The number of benzene rings is 2. The summed E-state index contributed by atoms with van der Waals surface area (Å²) in [6.07, 6.45) is 5.73. The summed E-state index contributed by atoms with van der Waals surface area (Å²) in [5.74, 6) is 1.86. The van der Waals surface area contributed by atoms with E-state index in [-0.39, 0.29) is 11.8 Å². The highest BCUT2D eigenvalue weighted by atomic mass is 16.2. The van der Waals surface area contributed by atoms with Gasteiger partial charge in [-0.15, -0.1) is 0 Å². The first-order valence-electron chi connectivity index (χ1n) is 12.4. The van der Waals surface area contributed by atoms with Gasteiger partial charge in [0, 0.05) is 48.7 Å². The molecule has 2 amide bonds. The van der Waals surface area contributed by atoms with Gasteiger partial charge in [-0.25, -0.2) is 0 Å². The van der Waals surface area contributed by atoms with Gasteiger partial charge in [0.1, 0.15) is 11.4 Å². The Balaban J connectivity index is 1.14. The molecule has 6 heteroatoms. The van der Waals surface area contributed by atoms with E-state index >= 15 is 0 Å². The number of carbonyl (C=O) groups is 2. The zero-order valence-corrected chi connectivity index (χ0v) is 19.4. The van der Waals surface area contributed by atoms with Crippen LogP contribution in [-0.2, 0) is 9.59 Å². The number of aliphatic imine (C=N–C) groups is 1. The third-order valence-corrected chi connectivity index (χ3v) is 7.93. The smallest absolute Gasteiger partial charge is 0.256 e. The summed E-state index contributed by atoms with van der Waals surface area (Å²) in [6.45, 7) is 4.30. The van der Waals surface area contributed by atoms with Crippen molar-refractivity contribution < 1.29 is 9.59 Å². The summed E-state index contributed by atoms with van der Waals surface area (Å²) in [7, 11) is 0. The average Bonchev–Trinajstić information content (AvgIpc) is 3.72. The van der Waals surface area contributed by atoms with Crippen LogP contribution in [0.3, 0.4) is 0 Å². The van der Waals surface area contributed by atoms with E-state index in [9.17, 15) is 9.59 Å². The van der Waals surface area contributed by atoms with Gasteiger partial charge in [0.05, 0.1) is 0 Å². The maximum absolute atomic E-state index is 13.3. The maximum Gasteiger partial charge on any atom is 0.256 e. The number of likely N-dealkylation sites (tertiary alicyclic amines) is 1. The monoisotopic (exact) mass is 452 g/mol. The molecule has 172 valence electrons. The number of carbonyl (C=O) groups excluding carboxylic acids is 2. The number of fused-ring (bicyclic) bond motifs is 1. The third kappa shape index (κ3) is 3.11. The average molecular weight is 453 g/mol. The van der Waals surface area contributed by atoms with Crippen molar-refractivity contribution in [1.82, 2.24) is 14.8 Å². The summed E-state index contributed by atoms with van der Waals surface area (Å²) in [4.78, 5) is 37.7. The third-order valence-electron chi connectivity index (χ3n) is 7.93. The van der Waals surface area contributed by atoms with Crippen LogP contribution in [0.2, 0.25) is 0 Å². The van der Waals surface area contributed by atoms with Crippen molar-refractivity contribution in [1.29, 1.82) is 0 Å². The molecule has 34 heavy (non-hydrogen) atoms. The molecular formula is C28H28N4O2. The molecule has 3 aromatic rings. The van der Waals surface area contributed by atoms with Crippen LogP contribution in [0.15, 0.2) is 53.7 Å². The fraction of sp³-hybridized carbons (Fsp3) is 0.393. The Hall–Kier alpha value is -3.41. The summed E-state index contributed by atoms with van der Waals surface area (Å²) < 4.78 is 0. The molecule has 1 aromatic heterocycles. The number of aromatic amines is 1. The quantitative estimate of drug-likeness (QED) is 0.632. The number of hydrogen-bond donors (Lipinski definition) is 1. The molecule has 3 heterocycles. The Morgan fingerprint density at radius 1 is 1.09 bits per heavy atom. The molecule has 0 unspecified atom stereocenters. The fourth-order valence-corrected chi connectivity index (χ4v) is 5.55. The molecule has 2 aromatic carbocycles. The van der Waals surface area contributed by atoms with E-state index in [2.05, 4.69) is 54.4 Å². The van der Waals surface area contributed by atoms with Crippen molar-refractivity contribution in [2.24, 2.45) is 16.8 Å².